The third-order valence-electron chi connectivity index (χ3n) is 5.01. The van der Waals surface area contributed by atoms with Crippen molar-refractivity contribution in [3.05, 3.63) is 88.6 Å². The van der Waals surface area contributed by atoms with Crippen LogP contribution < -0.4 is 19.6 Å². The van der Waals surface area contributed by atoms with E-state index in [0.29, 0.717) is 41.9 Å². The molecule has 0 spiro atoms. The fraction of sp³-hybridized carbons (Fsp3) is 0.185. The summed E-state index contributed by atoms with van der Waals surface area (Å²) in [5.74, 6) is 1.57. The first-order chi connectivity index (χ1) is 17.1. The lowest BCUT2D eigenvalue weighted by Gasteiger charge is -2.13. The van der Waals surface area contributed by atoms with Gasteiger partial charge in [0.05, 0.1) is 19.4 Å². The molecule has 0 aliphatic heterocycles. The Morgan fingerprint density at radius 1 is 0.971 bits per heavy atom. The Bertz CT molecular complexity index is 1350. The lowest BCUT2D eigenvalue weighted by Crippen LogP contribution is -2.16. The zero-order valence-electron chi connectivity index (χ0n) is 19.4. The van der Waals surface area contributed by atoms with E-state index in [9.17, 15) is 4.79 Å². The molecule has 0 unspecified atom stereocenters. The van der Waals surface area contributed by atoms with Gasteiger partial charge in [0, 0.05) is 16.0 Å². The largest absolute Gasteiger partial charge is 0.494 e. The number of halogens is 1. The molecule has 7 nitrogen and oxygen atoms in total. The van der Waals surface area contributed by atoms with Crippen LogP contribution in [0.4, 0.5) is 0 Å². The number of furan rings is 1. The predicted octanol–water partition coefficient (Wildman–Crippen LogP) is 6.23. The lowest BCUT2D eigenvalue weighted by molar-refractivity contribution is 0.0929. The average molecular weight is 493 g/mol. The second-order valence-corrected chi connectivity index (χ2v) is 7.87. The second-order valence-electron chi connectivity index (χ2n) is 7.46. The van der Waals surface area contributed by atoms with Gasteiger partial charge in [-0.05, 0) is 67.9 Å². The Balaban J connectivity index is 1.41. The quantitative estimate of drug-likeness (QED) is 0.210. The van der Waals surface area contributed by atoms with Gasteiger partial charge in [0.1, 0.15) is 17.9 Å². The molecule has 0 radical (unpaired) electrons. The molecular weight excluding hydrogens is 468 g/mol. The van der Waals surface area contributed by atoms with Crippen LogP contribution in [0.3, 0.4) is 0 Å². The van der Waals surface area contributed by atoms with E-state index in [2.05, 4.69) is 10.5 Å². The summed E-state index contributed by atoms with van der Waals surface area (Å²) in [6.07, 6.45) is 1.52. The van der Waals surface area contributed by atoms with Gasteiger partial charge in [-0.25, -0.2) is 5.43 Å². The van der Waals surface area contributed by atoms with Crippen LogP contribution in [0.2, 0.25) is 5.02 Å². The topological polar surface area (TPSA) is 82.3 Å². The van der Waals surface area contributed by atoms with Crippen LogP contribution in [-0.4, -0.2) is 25.3 Å². The van der Waals surface area contributed by atoms with Gasteiger partial charge in [-0.3, -0.25) is 4.79 Å². The molecule has 8 heteroatoms. The van der Waals surface area contributed by atoms with E-state index < -0.39 is 5.91 Å². The van der Waals surface area contributed by atoms with Crippen LogP contribution in [0, 0.1) is 0 Å². The predicted molar refractivity (Wildman–Crippen MR) is 136 cm³/mol. The molecule has 4 rings (SSSR count). The Hall–Kier alpha value is -3.97. The van der Waals surface area contributed by atoms with Gasteiger partial charge in [0.25, 0.3) is 0 Å². The zero-order chi connectivity index (χ0) is 24.6. The van der Waals surface area contributed by atoms with Crippen molar-refractivity contribution in [2.45, 2.75) is 20.5 Å². The maximum atomic E-state index is 12.5. The maximum absolute atomic E-state index is 12.5. The third kappa shape index (κ3) is 6.13. The van der Waals surface area contributed by atoms with Gasteiger partial charge >= 0.3 is 5.91 Å². The van der Waals surface area contributed by atoms with Crippen molar-refractivity contribution < 1.29 is 23.4 Å². The monoisotopic (exact) mass is 492 g/mol. The molecule has 1 N–H and O–H groups in total. The number of rotatable bonds is 10. The van der Waals surface area contributed by atoms with Crippen LogP contribution >= 0.6 is 11.6 Å². The van der Waals surface area contributed by atoms with Crippen molar-refractivity contribution in [1.29, 1.82) is 0 Å². The Labute approximate surface area is 208 Å². The highest BCUT2D eigenvalue weighted by Gasteiger charge is 2.13. The van der Waals surface area contributed by atoms with Crippen molar-refractivity contribution in [3.63, 3.8) is 0 Å². The average Bonchev–Trinajstić information content (AvgIpc) is 3.28. The van der Waals surface area contributed by atoms with Gasteiger partial charge < -0.3 is 18.6 Å². The number of hydrazone groups is 1. The Kier molecular flexibility index (Phi) is 7.90. The molecular formula is C27H25ClN2O5. The van der Waals surface area contributed by atoms with Crippen molar-refractivity contribution in [2.24, 2.45) is 5.10 Å². The standard InChI is InChI=1S/C27H25ClN2O5/c1-3-32-21-10-12-23-20(14-21)15-26(35-23)27(31)30-29-16-18-9-11-24(25(13-18)33-4-2)34-17-19-7-5-6-8-22(19)28/h5-16H,3-4,17H2,1-2H3,(H,30,31)/b29-16+. The number of amides is 1. The molecule has 0 saturated heterocycles. The minimum Gasteiger partial charge on any atom is -0.494 e. The first-order valence-electron chi connectivity index (χ1n) is 11.2. The number of nitrogens with zero attached hydrogens (tertiary/aromatic N) is 1. The number of ether oxygens (including phenoxy) is 3. The van der Waals surface area contributed by atoms with Crippen LogP contribution in [0.25, 0.3) is 11.0 Å². The molecule has 3 aromatic carbocycles. The number of carbonyl (C=O) groups excluding carboxylic acids is 1. The summed E-state index contributed by atoms with van der Waals surface area (Å²) < 4.78 is 22.7. The molecule has 4 aromatic rings. The molecule has 0 bridgehead atoms. The molecule has 0 aliphatic rings. The normalized spacial score (nSPS) is 11.1. The summed E-state index contributed by atoms with van der Waals surface area (Å²) in [6, 6.07) is 20.0. The molecule has 0 saturated carbocycles. The molecule has 1 amide bonds. The van der Waals surface area contributed by atoms with Crippen molar-refractivity contribution in [2.75, 3.05) is 13.2 Å². The smallest absolute Gasteiger partial charge is 0.307 e. The third-order valence-corrected chi connectivity index (χ3v) is 5.38. The molecule has 0 fully saturated rings. The van der Waals surface area contributed by atoms with Gasteiger partial charge in [-0.1, -0.05) is 29.8 Å². The van der Waals surface area contributed by atoms with Gasteiger partial charge in [0.2, 0.25) is 0 Å². The highest BCUT2D eigenvalue weighted by molar-refractivity contribution is 6.31. The SMILES string of the molecule is CCOc1ccc2oc(C(=O)N/N=C/c3ccc(OCc4ccccc4Cl)c(OCC)c3)cc2c1. The molecule has 35 heavy (non-hydrogen) atoms. The number of nitrogens with one attached hydrogen (secondary N) is 1. The highest BCUT2D eigenvalue weighted by Crippen LogP contribution is 2.30. The molecule has 1 heterocycles. The molecule has 0 aliphatic carbocycles. The van der Waals surface area contributed by atoms with Crippen LogP contribution in [0.15, 0.2) is 76.2 Å². The number of benzene rings is 3. The molecule has 180 valence electrons. The first-order valence-corrected chi connectivity index (χ1v) is 11.6. The summed E-state index contributed by atoms with van der Waals surface area (Å²) in [4.78, 5) is 12.5. The second kappa shape index (κ2) is 11.4. The van der Waals surface area contributed by atoms with E-state index in [1.165, 1.54) is 6.21 Å². The lowest BCUT2D eigenvalue weighted by atomic mass is 10.2. The van der Waals surface area contributed by atoms with E-state index in [4.69, 9.17) is 30.2 Å². The van der Waals surface area contributed by atoms with E-state index in [0.717, 1.165) is 22.3 Å². The number of hydrogen-bond acceptors (Lipinski definition) is 6. The zero-order valence-corrected chi connectivity index (χ0v) is 20.2. The Morgan fingerprint density at radius 3 is 2.60 bits per heavy atom. The van der Waals surface area contributed by atoms with Gasteiger partial charge in [-0.15, -0.1) is 0 Å². The van der Waals surface area contributed by atoms with E-state index in [1.54, 1.807) is 30.3 Å². The van der Waals surface area contributed by atoms with Crippen LogP contribution in [0.1, 0.15) is 35.5 Å². The summed E-state index contributed by atoms with van der Waals surface area (Å²) >= 11 is 6.21. The molecule has 0 atom stereocenters. The number of hydrogen-bond donors (Lipinski definition) is 1. The summed E-state index contributed by atoms with van der Waals surface area (Å²) in [7, 11) is 0. The number of fused-ring (bicyclic) bond motifs is 1. The van der Waals surface area contributed by atoms with E-state index in [-0.39, 0.29) is 5.76 Å². The van der Waals surface area contributed by atoms with Gasteiger partial charge in [0.15, 0.2) is 17.3 Å². The first kappa shape index (κ1) is 24.2. The fourth-order valence-electron chi connectivity index (χ4n) is 3.37. The van der Waals surface area contributed by atoms with E-state index >= 15 is 0 Å². The van der Waals surface area contributed by atoms with Crippen molar-refractivity contribution in [1.82, 2.24) is 5.43 Å². The molecule has 1 aromatic heterocycles. The van der Waals surface area contributed by atoms with Crippen LogP contribution in [0.5, 0.6) is 17.2 Å². The van der Waals surface area contributed by atoms with Crippen molar-refractivity contribution >= 4 is 34.7 Å². The highest BCUT2D eigenvalue weighted by atomic mass is 35.5. The van der Waals surface area contributed by atoms with Gasteiger partial charge in [-0.2, -0.15) is 5.10 Å². The number of carbonyl (C=O) groups is 1. The van der Waals surface area contributed by atoms with E-state index in [1.807, 2.05) is 50.2 Å². The minimum absolute atomic E-state index is 0.157. The minimum atomic E-state index is -0.458. The van der Waals surface area contributed by atoms with Crippen LogP contribution in [-0.2, 0) is 6.61 Å². The summed E-state index contributed by atoms with van der Waals surface area (Å²) in [5.41, 5.74) is 4.69. The summed E-state index contributed by atoms with van der Waals surface area (Å²) in [6.45, 7) is 5.15. The maximum Gasteiger partial charge on any atom is 0.307 e. The fourth-order valence-corrected chi connectivity index (χ4v) is 3.56. The summed E-state index contributed by atoms with van der Waals surface area (Å²) in [5, 5.41) is 5.47. The van der Waals surface area contributed by atoms with Crippen molar-refractivity contribution in [3.8, 4) is 17.2 Å². The Morgan fingerprint density at radius 2 is 1.80 bits per heavy atom.